The van der Waals surface area contributed by atoms with Gasteiger partial charge < -0.3 is 15.2 Å². The fourth-order valence-electron chi connectivity index (χ4n) is 1.18. The van der Waals surface area contributed by atoms with Crippen LogP contribution >= 0.6 is 28.1 Å². The van der Waals surface area contributed by atoms with Crippen molar-refractivity contribution in [3.63, 3.8) is 0 Å². The molecule has 0 atom stereocenters. The molecule has 0 fully saturated rings. The van der Waals surface area contributed by atoms with Crippen LogP contribution in [0.15, 0.2) is 21.7 Å². The van der Waals surface area contributed by atoms with Gasteiger partial charge in [0.25, 0.3) is 0 Å². The van der Waals surface area contributed by atoms with Crippen LogP contribution in [0.25, 0.3) is 0 Å². The normalized spacial score (nSPS) is 10.3. The predicted molar refractivity (Wildman–Crippen MR) is 74.8 cm³/mol. The molecule has 0 heterocycles. The van der Waals surface area contributed by atoms with Crippen LogP contribution in [0.5, 0.6) is 11.5 Å². The maximum Gasteiger partial charge on any atom is 0.184 e. The van der Waals surface area contributed by atoms with Crippen molar-refractivity contribution in [2.45, 2.75) is 0 Å². The Kier molecular flexibility index (Phi) is 5.17. The smallest absolute Gasteiger partial charge is 0.184 e. The Bertz CT molecular complexity index is 451. The van der Waals surface area contributed by atoms with Crippen LogP contribution in [0.4, 0.5) is 0 Å². The minimum Gasteiger partial charge on any atom is -0.493 e. The van der Waals surface area contributed by atoms with Crippen molar-refractivity contribution in [2.24, 2.45) is 10.8 Å². The molecule has 1 rings (SSSR count). The van der Waals surface area contributed by atoms with E-state index in [1.54, 1.807) is 26.5 Å². The van der Waals surface area contributed by atoms with Crippen molar-refractivity contribution < 1.29 is 9.47 Å². The fourth-order valence-corrected chi connectivity index (χ4v) is 1.86. The highest BCUT2D eigenvalue weighted by atomic mass is 79.9. The number of hydrogen-bond donors (Lipinski definition) is 2. The van der Waals surface area contributed by atoms with E-state index < -0.39 is 0 Å². The van der Waals surface area contributed by atoms with Crippen LogP contribution in [-0.2, 0) is 0 Å². The van der Waals surface area contributed by atoms with E-state index in [0.717, 1.165) is 10.0 Å². The van der Waals surface area contributed by atoms with Gasteiger partial charge in [0, 0.05) is 0 Å². The number of halogens is 1. The van der Waals surface area contributed by atoms with E-state index in [0.29, 0.717) is 11.5 Å². The van der Waals surface area contributed by atoms with Gasteiger partial charge in [0.05, 0.1) is 24.9 Å². The Morgan fingerprint density at radius 2 is 2.18 bits per heavy atom. The second kappa shape index (κ2) is 6.41. The van der Waals surface area contributed by atoms with E-state index in [1.807, 2.05) is 6.07 Å². The first kappa shape index (κ1) is 13.7. The lowest BCUT2D eigenvalue weighted by Gasteiger charge is -2.10. The molecule has 0 aromatic heterocycles. The second-order valence-electron chi connectivity index (χ2n) is 2.97. The van der Waals surface area contributed by atoms with Crippen LogP contribution in [0.2, 0.25) is 0 Å². The van der Waals surface area contributed by atoms with E-state index in [-0.39, 0.29) is 5.11 Å². The molecule has 17 heavy (non-hydrogen) atoms. The van der Waals surface area contributed by atoms with E-state index in [4.69, 9.17) is 15.2 Å². The van der Waals surface area contributed by atoms with Crippen LogP contribution in [0.1, 0.15) is 5.56 Å². The first-order valence-corrected chi connectivity index (χ1v) is 5.78. The van der Waals surface area contributed by atoms with Gasteiger partial charge in [-0.1, -0.05) is 0 Å². The summed E-state index contributed by atoms with van der Waals surface area (Å²) < 4.78 is 11.2. The minimum atomic E-state index is 0.112. The lowest BCUT2D eigenvalue weighted by Crippen LogP contribution is -2.23. The number of benzene rings is 1. The highest BCUT2D eigenvalue weighted by Crippen LogP contribution is 2.35. The molecule has 1 aromatic carbocycles. The predicted octanol–water partition coefficient (Wildman–Crippen LogP) is 1.63. The van der Waals surface area contributed by atoms with Gasteiger partial charge in [0.15, 0.2) is 16.6 Å². The molecule has 5 nitrogen and oxygen atoms in total. The zero-order chi connectivity index (χ0) is 12.8. The van der Waals surface area contributed by atoms with Crippen LogP contribution in [0.3, 0.4) is 0 Å². The van der Waals surface area contributed by atoms with Gasteiger partial charge >= 0.3 is 0 Å². The number of nitrogens with one attached hydrogen (secondary N) is 1. The van der Waals surface area contributed by atoms with E-state index in [9.17, 15) is 0 Å². The summed E-state index contributed by atoms with van der Waals surface area (Å²) in [6.45, 7) is 0. The van der Waals surface area contributed by atoms with E-state index >= 15 is 0 Å². The third-order valence-corrected chi connectivity index (χ3v) is 2.52. The number of nitrogens with two attached hydrogens (primary N) is 1. The molecule has 0 saturated carbocycles. The molecule has 92 valence electrons. The summed E-state index contributed by atoms with van der Waals surface area (Å²) in [4.78, 5) is 0. The van der Waals surface area contributed by atoms with Crippen molar-refractivity contribution in [1.82, 2.24) is 5.43 Å². The molecule has 0 amide bonds. The molecule has 0 aliphatic carbocycles. The topological polar surface area (TPSA) is 68.9 Å². The largest absolute Gasteiger partial charge is 0.493 e. The highest BCUT2D eigenvalue weighted by Gasteiger charge is 2.09. The maximum absolute atomic E-state index is 5.24. The molecule has 0 aliphatic rings. The molecule has 3 N–H and O–H groups in total. The number of ether oxygens (including phenoxy) is 2. The Hall–Kier alpha value is -1.34. The van der Waals surface area contributed by atoms with E-state index in [1.165, 1.54) is 0 Å². The summed E-state index contributed by atoms with van der Waals surface area (Å²) in [5.41, 5.74) is 8.53. The molecule has 0 radical (unpaired) electrons. The number of nitrogens with zero attached hydrogens (tertiary/aromatic N) is 1. The van der Waals surface area contributed by atoms with Gasteiger partial charge in [-0.3, -0.25) is 5.43 Å². The molecule has 7 heteroatoms. The van der Waals surface area contributed by atoms with Crippen molar-refractivity contribution in [1.29, 1.82) is 0 Å². The molecule has 0 spiro atoms. The lowest BCUT2D eigenvalue weighted by molar-refractivity contribution is 0.353. The molecule has 0 unspecified atom stereocenters. The number of thiocarbonyl (C=S) groups is 1. The first-order chi connectivity index (χ1) is 8.08. The summed E-state index contributed by atoms with van der Waals surface area (Å²) in [5, 5.41) is 3.97. The summed E-state index contributed by atoms with van der Waals surface area (Å²) >= 11 is 8.01. The van der Waals surface area contributed by atoms with Crippen molar-refractivity contribution in [3.8, 4) is 11.5 Å². The Morgan fingerprint density at radius 1 is 1.47 bits per heavy atom. The van der Waals surface area contributed by atoms with Gasteiger partial charge in [0.1, 0.15) is 0 Å². The van der Waals surface area contributed by atoms with Crippen LogP contribution < -0.4 is 20.6 Å². The average molecular weight is 318 g/mol. The summed E-state index contributed by atoms with van der Waals surface area (Å²) in [6.07, 6.45) is 1.58. The molecular formula is C10H12BrN3O2S. The average Bonchev–Trinajstić information content (AvgIpc) is 2.27. The van der Waals surface area contributed by atoms with Crippen LogP contribution in [0, 0.1) is 0 Å². The number of rotatable bonds is 4. The summed E-state index contributed by atoms with van der Waals surface area (Å²) in [6, 6.07) is 3.63. The van der Waals surface area contributed by atoms with Crippen molar-refractivity contribution in [2.75, 3.05) is 14.2 Å². The maximum atomic E-state index is 5.24. The highest BCUT2D eigenvalue weighted by molar-refractivity contribution is 9.10. The second-order valence-corrected chi connectivity index (χ2v) is 4.27. The molecule has 0 aliphatic heterocycles. The first-order valence-electron chi connectivity index (χ1n) is 4.58. The molecular weight excluding hydrogens is 306 g/mol. The molecule has 0 saturated heterocycles. The minimum absolute atomic E-state index is 0.112. The Balaban J connectivity index is 2.99. The summed E-state index contributed by atoms with van der Waals surface area (Å²) in [7, 11) is 3.14. The number of methoxy groups -OCH3 is 2. The number of hydrogen-bond acceptors (Lipinski definition) is 4. The monoisotopic (exact) mass is 317 g/mol. The quantitative estimate of drug-likeness (QED) is 0.502. The van der Waals surface area contributed by atoms with Gasteiger partial charge in [0.2, 0.25) is 0 Å². The third-order valence-electron chi connectivity index (χ3n) is 1.84. The summed E-state index contributed by atoms with van der Waals surface area (Å²) in [5.74, 6) is 1.24. The van der Waals surface area contributed by atoms with Gasteiger partial charge in [-0.25, -0.2) is 0 Å². The van der Waals surface area contributed by atoms with Gasteiger partial charge in [-0.15, -0.1) is 0 Å². The van der Waals surface area contributed by atoms with Crippen molar-refractivity contribution >= 4 is 39.5 Å². The number of hydrazone groups is 1. The van der Waals surface area contributed by atoms with E-state index in [2.05, 4.69) is 38.7 Å². The third kappa shape index (κ3) is 3.86. The van der Waals surface area contributed by atoms with Crippen molar-refractivity contribution in [3.05, 3.63) is 22.2 Å². The lowest BCUT2D eigenvalue weighted by atomic mass is 10.2. The zero-order valence-electron chi connectivity index (χ0n) is 9.36. The molecule has 1 aromatic rings. The van der Waals surface area contributed by atoms with Gasteiger partial charge in [-0.05, 0) is 45.8 Å². The molecule has 0 bridgehead atoms. The van der Waals surface area contributed by atoms with Crippen LogP contribution in [-0.4, -0.2) is 25.5 Å². The zero-order valence-corrected chi connectivity index (χ0v) is 11.8. The fraction of sp³-hybridized carbons (Fsp3) is 0.200. The van der Waals surface area contributed by atoms with Gasteiger partial charge in [-0.2, -0.15) is 5.10 Å². The SMILES string of the molecule is COc1cc(/C=N/NC(N)=S)cc(Br)c1OC. The Morgan fingerprint density at radius 3 is 2.71 bits per heavy atom. The standard InChI is InChI=1S/C10H12BrN3O2S/c1-15-8-4-6(5-13-14-10(12)17)3-7(11)9(8)16-2/h3-5H,1-2H3,(H3,12,14,17)/b13-5+. The Labute approximate surface area is 113 Å².